The van der Waals surface area contributed by atoms with E-state index in [1.165, 1.54) is 40.1 Å². The summed E-state index contributed by atoms with van der Waals surface area (Å²) in [5, 5.41) is 7.56. The Morgan fingerprint density at radius 2 is 1.97 bits per heavy atom. The van der Waals surface area contributed by atoms with Crippen molar-refractivity contribution in [1.29, 1.82) is 0 Å². The van der Waals surface area contributed by atoms with E-state index < -0.39 is 11.7 Å². The summed E-state index contributed by atoms with van der Waals surface area (Å²) in [6, 6.07) is 14.4. The van der Waals surface area contributed by atoms with Crippen LogP contribution in [0, 0.1) is 5.82 Å². The van der Waals surface area contributed by atoms with E-state index in [1.54, 1.807) is 13.2 Å². The fourth-order valence-electron chi connectivity index (χ4n) is 2.74. The van der Waals surface area contributed by atoms with E-state index in [9.17, 15) is 14.0 Å². The number of carbonyl (C=O) groups excluding carboxylic acids is 1. The third kappa shape index (κ3) is 4.69. The normalized spacial score (nSPS) is 10.8. The Morgan fingerprint density at radius 1 is 1.19 bits per heavy atom. The molecule has 0 fully saturated rings. The standard InChI is InChI=1S/C21H17FN4O4S/c1-29-15-8-6-13(7-9-15)20-25-26-19(28)10-14(24-21(26)31-20)11-23-18(27)12-30-17-5-3-2-4-16(17)22/h2-10H,11-12H2,1H3,(H,23,27). The lowest BCUT2D eigenvalue weighted by Crippen LogP contribution is -2.29. The summed E-state index contributed by atoms with van der Waals surface area (Å²) in [5.74, 6) is -0.301. The van der Waals surface area contributed by atoms with E-state index in [-0.39, 0.29) is 24.5 Å². The van der Waals surface area contributed by atoms with E-state index >= 15 is 0 Å². The maximum Gasteiger partial charge on any atom is 0.275 e. The summed E-state index contributed by atoms with van der Waals surface area (Å²) in [6.45, 7) is -0.328. The van der Waals surface area contributed by atoms with Crippen molar-refractivity contribution in [2.24, 2.45) is 0 Å². The van der Waals surface area contributed by atoms with E-state index in [2.05, 4.69) is 15.4 Å². The number of amides is 1. The molecular formula is C21H17FN4O4S. The SMILES string of the molecule is COc1ccc(-c2nn3c(=O)cc(CNC(=O)COc4ccccc4F)nc3s2)cc1. The Labute approximate surface area is 179 Å². The molecule has 4 aromatic rings. The molecule has 31 heavy (non-hydrogen) atoms. The van der Waals surface area contributed by atoms with Crippen molar-refractivity contribution < 1.29 is 18.7 Å². The predicted octanol–water partition coefficient (Wildman–Crippen LogP) is 2.66. The monoisotopic (exact) mass is 440 g/mol. The van der Waals surface area contributed by atoms with Crippen LogP contribution in [0.15, 0.2) is 59.4 Å². The van der Waals surface area contributed by atoms with Gasteiger partial charge in [-0.1, -0.05) is 23.5 Å². The molecule has 2 aromatic heterocycles. The molecule has 0 aliphatic carbocycles. The number of ether oxygens (including phenoxy) is 2. The highest BCUT2D eigenvalue weighted by molar-refractivity contribution is 7.19. The van der Waals surface area contributed by atoms with Crippen LogP contribution < -0.4 is 20.3 Å². The van der Waals surface area contributed by atoms with Gasteiger partial charge >= 0.3 is 0 Å². The molecule has 0 aliphatic heterocycles. The molecule has 0 aliphatic rings. The third-order valence-electron chi connectivity index (χ3n) is 4.30. The van der Waals surface area contributed by atoms with Gasteiger partial charge < -0.3 is 14.8 Å². The number of benzene rings is 2. The van der Waals surface area contributed by atoms with Gasteiger partial charge in [0.05, 0.1) is 19.3 Å². The number of para-hydroxylation sites is 1. The summed E-state index contributed by atoms with van der Waals surface area (Å²) < 4.78 is 25.1. The summed E-state index contributed by atoms with van der Waals surface area (Å²) in [5.41, 5.74) is 0.859. The molecule has 10 heteroatoms. The van der Waals surface area contributed by atoms with Gasteiger partial charge in [-0.05, 0) is 36.4 Å². The van der Waals surface area contributed by atoms with E-state index in [0.29, 0.717) is 15.7 Å². The number of halogens is 1. The number of aromatic nitrogens is 3. The first-order valence-electron chi connectivity index (χ1n) is 9.22. The van der Waals surface area contributed by atoms with Crippen LogP contribution in [0.1, 0.15) is 5.69 Å². The maximum atomic E-state index is 13.5. The average molecular weight is 440 g/mol. The number of fused-ring (bicyclic) bond motifs is 1. The molecule has 0 bridgehead atoms. The summed E-state index contributed by atoms with van der Waals surface area (Å²) in [7, 11) is 1.59. The van der Waals surface area contributed by atoms with Gasteiger partial charge in [0.1, 0.15) is 10.8 Å². The molecule has 0 spiro atoms. The van der Waals surface area contributed by atoms with Crippen molar-refractivity contribution in [3.05, 3.63) is 76.5 Å². The Morgan fingerprint density at radius 3 is 2.71 bits per heavy atom. The summed E-state index contributed by atoms with van der Waals surface area (Å²) >= 11 is 1.26. The lowest BCUT2D eigenvalue weighted by atomic mass is 10.2. The fourth-order valence-corrected chi connectivity index (χ4v) is 3.67. The van der Waals surface area contributed by atoms with Gasteiger partial charge in [0.15, 0.2) is 18.2 Å². The average Bonchev–Trinajstić information content (AvgIpc) is 3.22. The number of nitrogens with zero attached hydrogens (tertiary/aromatic N) is 3. The van der Waals surface area contributed by atoms with Crippen molar-refractivity contribution in [1.82, 2.24) is 19.9 Å². The van der Waals surface area contributed by atoms with Gasteiger partial charge in [-0.15, -0.1) is 0 Å². The van der Waals surface area contributed by atoms with Gasteiger partial charge in [0.2, 0.25) is 4.96 Å². The Hall–Kier alpha value is -3.79. The van der Waals surface area contributed by atoms with Crippen LogP contribution in [-0.4, -0.2) is 34.2 Å². The number of hydrogen-bond donors (Lipinski definition) is 1. The topological polar surface area (TPSA) is 94.8 Å². The number of rotatable bonds is 7. The molecule has 2 heterocycles. The van der Waals surface area contributed by atoms with Crippen LogP contribution in [0.25, 0.3) is 15.5 Å². The molecule has 0 unspecified atom stereocenters. The molecule has 0 saturated heterocycles. The Balaban J connectivity index is 1.44. The van der Waals surface area contributed by atoms with Crippen molar-refractivity contribution >= 4 is 22.2 Å². The molecule has 158 valence electrons. The molecule has 1 N–H and O–H groups in total. The van der Waals surface area contributed by atoms with Crippen LogP contribution in [0.2, 0.25) is 0 Å². The minimum absolute atomic E-state index is 0.00818. The molecule has 0 atom stereocenters. The Kier molecular flexibility index (Phi) is 5.89. The summed E-state index contributed by atoms with van der Waals surface area (Å²) in [6.07, 6.45) is 0. The van der Waals surface area contributed by atoms with Crippen LogP contribution in [0.4, 0.5) is 4.39 Å². The van der Waals surface area contributed by atoms with Crippen LogP contribution in [0.3, 0.4) is 0 Å². The zero-order chi connectivity index (χ0) is 21.8. The van der Waals surface area contributed by atoms with Gasteiger partial charge in [-0.25, -0.2) is 9.37 Å². The molecule has 0 radical (unpaired) electrons. The lowest BCUT2D eigenvalue weighted by Gasteiger charge is -2.07. The number of methoxy groups -OCH3 is 1. The van der Waals surface area contributed by atoms with Crippen LogP contribution in [0.5, 0.6) is 11.5 Å². The number of hydrogen-bond acceptors (Lipinski definition) is 7. The van der Waals surface area contributed by atoms with E-state index in [4.69, 9.17) is 9.47 Å². The fraction of sp³-hybridized carbons (Fsp3) is 0.143. The second-order valence-corrected chi connectivity index (χ2v) is 7.37. The minimum atomic E-state index is -0.548. The Bertz CT molecular complexity index is 1290. The second kappa shape index (κ2) is 8.92. The highest BCUT2D eigenvalue weighted by Gasteiger charge is 2.12. The molecule has 8 nitrogen and oxygen atoms in total. The second-order valence-electron chi connectivity index (χ2n) is 6.41. The molecule has 2 aromatic carbocycles. The zero-order valence-electron chi connectivity index (χ0n) is 16.4. The van der Waals surface area contributed by atoms with Gasteiger partial charge in [-0.2, -0.15) is 9.61 Å². The lowest BCUT2D eigenvalue weighted by molar-refractivity contribution is -0.123. The summed E-state index contributed by atoms with van der Waals surface area (Å²) in [4.78, 5) is 29.2. The number of carbonyl (C=O) groups is 1. The van der Waals surface area contributed by atoms with Crippen LogP contribution in [-0.2, 0) is 11.3 Å². The van der Waals surface area contributed by atoms with E-state index in [0.717, 1.165) is 11.3 Å². The minimum Gasteiger partial charge on any atom is -0.497 e. The van der Waals surface area contributed by atoms with Crippen molar-refractivity contribution in [3.8, 4) is 22.1 Å². The smallest absolute Gasteiger partial charge is 0.275 e. The quantitative estimate of drug-likeness (QED) is 0.475. The highest BCUT2D eigenvalue weighted by Crippen LogP contribution is 2.26. The van der Waals surface area contributed by atoms with Crippen LogP contribution >= 0.6 is 11.3 Å². The van der Waals surface area contributed by atoms with Crippen molar-refractivity contribution in [2.75, 3.05) is 13.7 Å². The van der Waals surface area contributed by atoms with Gasteiger partial charge in [0, 0.05) is 11.6 Å². The number of nitrogens with one attached hydrogen (secondary N) is 1. The zero-order valence-corrected chi connectivity index (χ0v) is 17.2. The molecule has 0 saturated carbocycles. The first kappa shape index (κ1) is 20.5. The van der Waals surface area contributed by atoms with Gasteiger partial charge in [0.25, 0.3) is 11.5 Å². The first-order valence-corrected chi connectivity index (χ1v) is 10.0. The van der Waals surface area contributed by atoms with Crippen molar-refractivity contribution in [2.45, 2.75) is 6.54 Å². The highest BCUT2D eigenvalue weighted by atomic mass is 32.1. The largest absolute Gasteiger partial charge is 0.497 e. The van der Waals surface area contributed by atoms with Gasteiger partial charge in [-0.3, -0.25) is 9.59 Å². The molecule has 4 rings (SSSR count). The first-order chi connectivity index (χ1) is 15.0. The van der Waals surface area contributed by atoms with Crippen molar-refractivity contribution in [3.63, 3.8) is 0 Å². The molecular weight excluding hydrogens is 423 g/mol. The third-order valence-corrected chi connectivity index (χ3v) is 5.25. The molecule has 1 amide bonds. The predicted molar refractivity (Wildman–Crippen MR) is 113 cm³/mol. The van der Waals surface area contributed by atoms with E-state index in [1.807, 2.05) is 24.3 Å². The maximum absolute atomic E-state index is 13.5.